The molecular formula is C7H10N2O3S2. The molecule has 0 spiro atoms. The summed E-state index contributed by atoms with van der Waals surface area (Å²) in [7, 11) is -3.21. The van der Waals surface area contributed by atoms with Crippen LogP contribution in [-0.4, -0.2) is 25.1 Å². The van der Waals surface area contributed by atoms with E-state index in [4.69, 9.17) is 0 Å². The third-order valence-corrected chi connectivity index (χ3v) is 4.65. The summed E-state index contributed by atoms with van der Waals surface area (Å²) in [6, 6.07) is 0. The molecule has 14 heavy (non-hydrogen) atoms. The number of carbonyl (C=O) groups is 1. The molecule has 0 aliphatic heterocycles. The number of thiazole rings is 1. The quantitative estimate of drug-likeness (QED) is 0.842. The van der Waals surface area contributed by atoms with Gasteiger partial charge in [-0.15, -0.1) is 0 Å². The molecule has 0 unspecified atom stereocenters. The number of amides is 1. The van der Waals surface area contributed by atoms with Crippen molar-refractivity contribution >= 4 is 32.2 Å². The van der Waals surface area contributed by atoms with Crippen molar-refractivity contribution in [2.75, 3.05) is 11.1 Å². The van der Waals surface area contributed by atoms with Gasteiger partial charge in [-0.25, -0.2) is 13.4 Å². The largest absolute Gasteiger partial charge is 0.302 e. The van der Waals surface area contributed by atoms with Gasteiger partial charge >= 0.3 is 0 Å². The van der Waals surface area contributed by atoms with Gasteiger partial charge in [-0.1, -0.05) is 18.3 Å². The third-order valence-electron chi connectivity index (χ3n) is 1.45. The van der Waals surface area contributed by atoms with E-state index in [-0.39, 0.29) is 15.9 Å². The Bertz CT molecular complexity index is 436. The molecule has 7 heteroatoms. The molecule has 0 atom stereocenters. The molecule has 5 nitrogen and oxygen atoms in total. The van der Waals surface area contributed by atoms with Crippen molar-refractivity contribution in [1.82, 2.24) is 4.98 Å². The van der Waals surface area contributed by atoms with Crippen LogP contribution in [-0.2, 0) is 14.6 Å². The van der Waals surface area contributed by atoms with Crippen LogP contribution in [0.2, 0.25) is 0 Å². The maximum atomic E-state index is 11.4. The summed E-state index contributed by atoms with van der Waals surface area (Å²) in [5, 5.41) is 2.74. The molecule has 1 rings (SSSR count). The fourth-order valence-corrected chi connectivity index (χ4v) is 2.95. The van der Waals surface area contributed by atoms with Gasteiger partial charge in [-0.3, -0.25) is 4.79 Å². The number of hydrogen-bond acceptors (Lipinski definition) is 5. The van der Waals surface area contributed by atoms with E-state index < -0.39 is 9.84 Å². The van der Waals surface area contributed by atoms with Crippen LogP contribution in [0.1, 0.15) is 13.8 Å². The Balaban J connectivity index is 2.94. The smallest absolute Gasteiger partial charge is 0.223 e. The first kappa shape index (κ1) is 11.1. The van der Waals surface area contributed by atoms with Gasteiger partial charge in [0.05, 0.1) is 11.9 Å². The number of nitrogens with one attached hydrogen (secondary N) is 1. The first-order valence-electron chi connectivity index (χ1n) is 3.92. The van der Waals surface area contributed by atoms with Crippen molar-refractivity contribution in [3.05, 3.63) is 6.20 Å². The van der Waals surface area contributed by atoms with Crippen LogP contribution in [0.3, 0.4) is 0 Å². The Kier molecular flexibility index (Phi) is 3.22. The third kappa shape index (κ3) is 2.52. The van der Waals surface area contributed by atoms with Crippen LogP contribution in [0, 0.1) is 0 Å². The van der Waals surface area contributed by atoms with Gasteiger partial charge < -0.3 is 5.32 Å². The van der Waals surface area contributed by atoms with E-state index in [0.29, 0.717) is 5.13 Å². The van der Waals surface area contributed by atoms with Crippen LogP contribution in [0.4, 0.5) is 5.13 Å². The lowest BCUT2D eigenvalue weighted by molar-refractivity contribution is -0.114. The van der Waals surface area contributed by atoms with Crippen molar-refractivity contribution in [3.63, 3.8) is 0 Å². The first-order valence-corrected chi connectivity index (χ1v) is 6.38. The van der Waals surface area contributed by atoms with Gasteiger partial charge in [0, 0.05) is 6.92 Å². The average Bonchev–Trinajstić information content (AvgIpc) is 2.52. The van der Waals surface area contributed by atoms with Crippen molar-refractivity contribution in [2.24, 2.45) is 0 Å². The Morgan fingerprint density at radius 1 is 1.64 bits per heavy atom. The van der Waals surface area contributed by atoms with E-state index in [9.17, 15) is 13.2 Å². The molecule has 1 aromatic rings. The SMILES string of the molecule is CCS(=O)(=O)c1cnc(NC(C)=O)s1. The van der Waals surface area contributed by atoms with Crippen molar-refractivity contribution < 1.29 is 13.2 Å². The minimum atomic E-state index is -3.21. The summed E-state index contributed by atoms with van der Waals surface area (Å²) in [5.41, 5.74) is 0. The Morgan fingerprint density at radius 2 is 2.29 bits per heavy atom. The van der Waals surface area contributed by atoms with E-state index in [1.54, 1.807) is 6.92 Å². The highest BCUT2D eigenvalue weighted by Gasteiger charge is 2.15. The fourth-order valence-electron chi connectivity index (χ4n) is 0.754. The molecule has 1 heterocycles. The predicted octanol–water partition coefficient (Wildman–Crippen LogP) is 0.895. The Labute approximate surface area is 86.1 Å². The maximum absolute atomic E-state index is 11.4. The summed E-state index contributed by atoms with van der Waals surface area (Å²) in [6.07, 6.45) is 1.26. The normalized spacial score (nSPS) is 11.3. The summed E-state index contributed by atoms with van der Waals surface area (Å²) in [5.74, 6) is -0.228. The molecule has 0 aliphatic carbocycles. The molecule has 1 amide bonds. The van der Waals surface area contributed by atoms with Gasteiger partial charge in [-0.05, 0) is 0 Å². The molecule has 0 aromatic carbocycles. The van der Waals surface area contributed by atoms with Gasteiger partial charge in [0.25, 0.3) is 0 Å². The lowest BCUT2D eigenvalue weighted by Gasteiger charge is -1.94. The number of aromatic nitrogens is 1. The first-order chi connectivity index (χ1) is 6.45. The lowest BCUT2D eigenvalue weighted by atomic mass is 10.7. The summed E-state index contributed by atoms with van der Waals surface area (Å²) in [4.78, 5) is 14.4. The lowest BCUT2D eigenvalue weighted by Crippen LogP contribution is -2.04. The second-order valence-electron chi connectivity index (χ2n) is 2.57. The monoisotopic (exact) mass is 234 g/mol. The predicted molar refractivity (Wildman–Crippen MR) is 54.1 cm³/mol. The molecular weight excluding hydrogens is 224 g/mol. The van der Waals surface area contributed by atoms with E-state index >= 15 is 0 Å². The second-order valence-corrected chi connectivity index (χ2v) is 6.10. The molecule has 0 aliphatic rings. The standard InChI is InChI=1S/C7H10N2O3S2/c1-3-14(11,12)6-4-8-7(13-6)9-5(2)10/h4H,3H2,1-2H3,(H,8,9,10). The number of sulfone groups is 1. The Hall–Kier alpha value is -0.950. The maximum Gasteiger partial charge on any atom is 0.223 e. The molecule has 1 N–H and O–H groups in total. The van der Waals surface area contributed by atoms with E-state index in [0.717, 1.165) is 11.3 Å². The molecule has 0 saturated carbocycles. The van der Waals surface area contributed by atoms with E-state index in [2.05, 4.69) is 10.3 Å². The molecule has 78 valence electrons. The highest BCUT2D eigenvalue weighted by molar-refractivity contribution is 7.93. The molecule has 1 aromatic heterocycles. The van der Waals surface area contributed by atoms with Gasteiger partial charge in [0.2, 0.25) is 5.91 Å². The number of anilines is 1. The molecule has 0 bridgehead atoms. The minimum absolute atomic E-state index is 0.0364. The highest BCUT2D eigenvalue weighted by Crippen LogP contribution is 2.23. The summed E-state index contributed by atoms with van der Waals surface area (Å²) in [6.45, 7) is 2.91. The van der Waals surface area contributed by atoms with Crippen LogP contribution in [0.25, 0.3) is 0 Å². The van der Waals surface area contributed by atoms with Gasteiger partial charge in [-0.2, -0.15) is 0 Å². The molecule has 0 fully saturated rings. The van der Waals surface area contributed by atoms with E-state index in [1.165, 1.54) is 13.1 Å². The van der Waals surface area contributed by atoms with Crippen LogP contribution < -0.4 is 5.32 Å². The van der Waals surface area contributed by atoms with Crippen molar-refractivity contribution in [1.29, 1.82) is 0 Å². The summed E-state index contributed by atoms with van der Waals surface area (Å²) < 4.78 is 22.9. The fraction of sp³-hybridized carbons (Fsp3) is 0.429. The second kappa shape index (κ2) is 4.05. The molecule has 0 saturated heterocycles. The van der Waals surface area contributed by atoms with Crippen LogP contribution >= 0.6 is 11.3 Å². The van der Waals surface area contributed by atoms with Gasteiger partial charge in [0.1, 0.15) is 4.21 Å². The average molecular weight is 234 g/mol. The number of carbonyl (C=O) groups excluding carboxylic acids is 1. The number of rotatable bonds is 3. The Morgan fingerprint density at radius 3 is 2.79 bits per heavy atom. The zero-order valence-corrected chi connectivity index (χ0v) is 9.41. The molecule has 0 radical (unpaired) electrons. The zero-order valence-electron chi connectivity index (χ0n) is 7.77. The number of hydrogen-bond donors (Lipinski definition) is 1. The van der Waals surface area contributed by atoms with E-state index in [1.807, 2.05) is 0 Å². The summed E-state index contributed by atoms with van der Waals surface area (Å²) >= 11 is 0.962. The number of nitrogens with zero attached hydrogens (tertiary/aromatic N) is 1. The zero-order chi connectivity index (χ0) is 10.8. The van der Waals surface area contributed by atoms with Gasteiger partial charge in [0.15, 0.2) is 15.0 Å². The van der Waals surface area contributed by atoms with Crippen LogP contribution in [0.5, 0.6) is 0 Å². The van der Waals surface area contributed by atoms with Crippen molar-refractivity contribution in [3.8, 4) is 0 Å². The minimum Gasteiger partial charge on any atom is -0.302 e. The van der Waals surface area contributed by atoms with Crippen LogP contribution in [0.15, 0.2) is 10.4 Å². The van der Waals surface area contributed by atoms with Crippen molar-refractivity contribution in [2.45, 2.75) is 18.1 Å². The highest BCUT2D eigenvalue weighted by atomic mass is 32.2. The topological polar surface area (TPSA) is 76.1 Å².